The molecule has 1 unspecified atom stereocenters. The molecule has 0 aromatic heterocycles. The first kappa shape index (κ1) is 15.2. The Morgan fingerprint density at radius 2 is 2.35 bits per heavy atom. The van der Waals surface area contributed by atoms with Gasteiger partial charge >= 0.3 is 0 Å². The molecule has 1 heterocycles. The molecule has 1 atom stereocenters. The number of nitrogens with one attached hydrogen (secondary N) is 1. The van der Waals surface area contributed by atoms with E-state index in [1.165, 1.54) is 6.07 Å². The number of nitro groups is 1. The number of halogens is 2. The fourth-order valence-corrected chi connectivity index (χ4v) is 2.88. The Bertz CT molecular complexity index is 507. The molecule has 1 aromatic rings. The first-order valence-corrected chi connectivity index (χ1v) is 7.44. The molecule has 2 rings (SSSR count). The summed E-state index contributed by atoms with van der Waals surface area (Å²) in [5, 5.41) is 14.4. The molecule has 0 amide bonds. The van der Waals surface area contributed by atoms with Crippen LogP contribution in [-0.2, 0) is 0 Å². The highest BCUT2D eigenvalue weighted by Crippen LogP contribution is 2.35. The van der Waals surface area contributed by atoms with Gasteiger partial charge in [0.15, 0.2) is 0 Å². The lowest BCUT2D eigenvalue weighted by Crippen LogP contribution is -2.38. The van der Waals surface area contributed by atoms with E-state index in [0.29, 0.717) is 12.2 Å². The Labute approximate surface area is 125 Å². The number of hydrogen-bond donors (Lipinski definition) is 1. The molecule has 1 fully saturated rings. The Balaban J connectivity index is 2.45. The van der Waals surface area contributed by atoms with Gasteiger partial charge < -0.3 is 10.2 Å². The van der Waals surface area contributed by atoms with E-state index in [2.05, 4.69) is 21.2 Å². The van der Waals surface area contributed by atoms with Crippen LogP contribution in [0.25, 0.3) is 0 Å². The Morgan fingerprint density at radius 3 is 2.90 bits per heavy atom. The molecule has 0 spiro atoms. The minimum atomic E-state index is -0.610. The molecule has 7 heteroatoms. The molecule has 1 aliphatic rings. The minimum absolute atomic E-state index is 0.175. The number of rotatable bonds is 5. The van der Waals surface area contributed by atoms with Gasteiger partial charge in [0.05, 0.1) is 15.5 Å². The number of nitrogens with zero attached hydrogens (tertiary/aromatic N) is 2. The summed E-state index contributed by atoms with van der Waals surface area (Å²) in [6.45, 7) is 4.44. The van der Waals surface area contributed by atoms with Crippen LogP contribution in [0.15, 0.2) is 16.6 Å². The smallest absolute Gasteiger partial charge is 0.295 e. The average Bonchev–Trinajstić information content (AvgIpc) is 2.92. The molecule has 5 nitrogen and oxygen atoms in total. The van der Waals surface area contributed by atoms with Crippen molar-refractivity contribution < 1.29 is 9.31 Å². The van der Waals surface area contributed by atoms with Gasteiger partial charge in [-0.25, -0.2) is 4.39 Å². The third kappa shape index (κ3) is 3.09. The molecular weight excluding hydrogens is 329 g/mol. The van der Waals surface area contributed by atoms with E-state index in [9.17, 15) is 14.5 Å². The van der Waals surface area contributed by atoms with Gasteiger partial charge in [-0.3, -0.25) is 10.1 Å². The zero-order valence-electron chi connectivity index (χ0n) is 11.2. The molecule has 0 saturated carbocycles. The van der Waals surface area contributed by atoms with Crippen LogP contribution < -0.4 is 10.2 Å². The van der Waals surface area contributed by atoms with Gasteiger partial charge in [-0.2, -0.15) is 0 Å². The zero-order valence-corrected chi connectivity index (χ0v) is 12.8. The number of benzene rings is 1. The van der Waals surface area contributed by atoms with Crippen molar-refractivity contribution >= 4 is 27.3 Å². The van der Waals surface area contributed by atoms with Crippen molar-refractivity contribution in [3.8, 4) is 0 Å². The molecular formula is C13H17BrFN3O2. The van der Waals surface area contributed by atoms with E-state index < -0.39 is 10.7 Å². The first-order chi connectivity index (χ1) is 9.54. The summed E-state index contributed by atoms with van der Waals surface area (Å²) < 4.78 is 13.8. The first-order valence-electron chi connectivity index (χ1n) is 6.65. The van der Waals surface area contributed by atoms with Crippen LogP contribution >= 0.6 is 15.9 Å². The van der Waals surface area contributed by atoms with Crippen molar-refractivity contribution in [2.45, 2.75) is 25.8 Å². The van der Waals surface area contributed by atoms with E-state index in [4.69, 9.17) is 0 Å². The van der Waals surface area contributed by atoms with Crippen LogP contribution in [0, 0.1) is 15.9 Å². The summed E-state index contributed by atoms with van der Waals surface area (Å²) in [7, 11) is 0. The SMILES string of the molecule is CCCN(c1cc(Br)c(F)cc1[N+](=O)[O-])C1CCNC1. The molecule has 110 valence electrons. The second-order valence-corrected chi connectivity index (χ2v) is 5.71. The molecule has 0 aliphatic carbocycles. The van der Waals surface area contributed by atoms with E-state index >= 15 is 0 Å². The standard InChI is InChI=1S/C13H17BrFN3O2/c1-2-5-17(9-3-4-16-8-9)12-6-10(14)11(15)7-13(12)18(19)20/h6-7,9,16H,2-5,8H2,1H3. The predicted octanol–water partition coefficient (Wildman–Crippen LogP) is 3.07. The number of hydrogen-bond acceptors (Lipinski definition) is 4. The lowest BCUT2D eigenvalue weighted by Gasteiger charge is -2.30. The van der Waals surface area contributed by atoms with Crippen LogP contribution in [0.5, 0.6) is 0 Å². The maximum absolute atomic E-state index is 13.6. The third-order valence-electron chi connectivity index (χ3n) is 3.46. The molecule has 1 aromatic carbocycles. The second kappa shape index (κ2) is 6.49. The number of anilines is 1. The molecule has 0 radical (unpaired) electrons. The Kier molecular flexibility index (Phi) is 4.93. The minimum Gasteiger partial charge on any atom is -0.362 e. The van der Waals surface area contributed by atoms with Crippen molar-refractivity contribution in [2.24, 2.45) is 0 Å². The summed E-state index contributed by atoms with van der Waals surface area (Å²) in [5.74, 6) is -0.610. The fraction of sp³-hybridized carbons (Fsp3) is 0.538. The van der Waals surface area contributed by atoms with Gasteiger partial charge in [-0.15, -0.1) is 0 Å². The van der Waals surface area contributed by atoms with Crippen LogP contribution in [0.2, 0.25) is 0 Å². The summed E-state index contributed by atoms with van der Waals surface area (Å²) in [6, 6.07) is 2.72. The molecule has 1 saturated heterocycles. The monoisotopic (exact) mass is 345 g/mol. The summed E-state index contributed by atoms with van der Waals surface area (Å²) in [5.41, 5.74) is 0.310. The van der Waals surface area contributed by atoms with Gasteiger partial charge in [-0.05, 0) is 41.4 Å². The topological polar surface area (TPSA) is 58.4 Å². The lowest BCUT2D eigenvalue weighted by atomic mass is 10.1. The maximum Gasteiger partial charge on any atom is 0.295 e. The fourth-order valence-electron chi connectivity index (χ4n) is 2.55. The highest BCUT2D eigenvalue weighted by Gasteiger charge is 2.28. The van der Waals surface area contributed by atoms with Crippen LogP contribution in [-0.4, -0.2) is 30.6 Å². The van der Waals surface area contributed by atoms with Gasteiger partial charge in [-0.1, -0.05) is 6.92 Å². The van der Waals surface area contributed by atoms with Crippen molar-refractivity contribution in [3.63, 3.8) is 0 Å². The molecule has 20 heavy (non-hydrogen) atoms. The van der Waals surface area contributed by atoms with Crippen molar-refractivity contribution in [2.75, 3.05) is 24.5 Å². The van der Waals surface area contributed by atoms with Crippen LogP contribution in [0.4, 0.5) is 15.8 Å². The highest BCUT2D eigenvalue weighted by molar-refractivity contribution is 9.10. The Hall–Kier alpha value is -1.21. The van der Waals surface area contributed by atoms with Crippen LogP contribution in [0.1, 0.15) is 19.8 Å². The predicted molar refractivity (Wildman–Crippen MR) is 79.7 cm³/mol. The van der Waals surface area contributed by atoms with Gasteiger partial charge in [0.25, 0.3) is 5.69 Å². The highest BCUT2D eigenvalue weighted by atomic mass is 79.9. The average molecular weight is 346 g/mol. The third-order valence-corrected chi connectivity index (χ3v) is 4.07. The quantitative estimate of drug-likeness (QED) is 0.658. The number of nitro benzene ring substituents is 1. The largest absolute Gasteiger partial charge is 0.362 e. The molecule has 0 bridgehead atoms. The summed E-state index contributed by atoms with van der Waals surface area (Å²) in [6.07, 6.45) is 1.81. The van der Waals surface area contributed by atoms with E-state index in [-0.39, 0.29) is 16.2 Å². The van der Waals surface area contributed by atoms with E-state index in [1.807, 2.05) is 11.8 Å². The van der Waals surface area contributed by atoms with Gasteiger partial charge in [0, 0.05) is 19.1 Å². The Morgan fingerprint density at radius 1 is 1.60 bits per heavy atom. The normalized spacial score (nSPS) is 18.2. The van der Waals surface area contributed by atoms with E-state index in [1.54, 1.807) is 0 Å². The summed E-state index contributed by atoms with van der Waals surface area (Å²) >= 11 is 3.12. The van der Waals surface area contributed by atoms with Crippen molar-refractivity contribution in [1.82, 2.24) is 5.32 Å². The lowest BCUT2D eigenvalue weighted by molar-refractivity contribution is -0.384. The molecule has 1 aliphatic heterocycles. The summed E-state index contributed by atoms with van der Waals surface area (Å²) in [4.78, 5) is 12.7. The van der Waals surface area contributed by atoms with Gasteiger partial charge in [0.1, 0.15) is 11.5 Å². The maximum atomic E-state index is 13.6. The molecule has 1 N–H and O–H groups in total. The van der Waals surface area contributed by atoms with Gasteiger partial charge in [0.2, 0.25) is 0 Å². The van der Waals surface area contributed by atoms with E-state index in [0.717, 1.165) is 32.0 Å². The van der Waals surface area contributed by atoms with Crippen LogP contribution in [0.3, 0.4) is 0 Å². The zero-order chi connectivity index (χ0) is 14.7. The van der Waals surface area contributed by atoms with Crippen molar-refractivity contribution in [3.05, 3.63) is 32.5 Å². The second-order valence-electron chi connectivity index (χ2n) is 4.85. The van der Waals surface area contributed by atoms with Crippen molar-refractivity contribution in [1.29, 1.82) is 0 Å².